The Labute approximate surface area is 142 Å². The summed E-state index contributed by atoms with van der Waals surface area (Å²) in [5, 5.41) is 0. The zero-order valence-corrected chi connectivity index (χ0v) is 14.8. The number of carbonyl (C=O) groups is 1. The molecule has 0 aromatic heterocycles. The highest BCUT2D eigenvalue weighted by Gasteiger charge is 2.19. The fourth-order valence-electron chi connectivity index (χ4n) is 2.14. The normalized spacial score (nSPS) is 12.7. The molecule has 0 spiro atoms. The molecule has 3 nitrogen and oxygen atoms in total. The molecular weight excluding hydrogens is 306 g/mol. The van der Waals surface area contributed by atoms with E-state index in [1.165, 1.54) is 12.7 Å². The maximum atomic E-state index is 11.6. The highest BCUT2D eigenvalue weighted by Crippen LogP contribution is 2.29. The zero-order valence-electron chi connectivity index (χ0n) is 14.0. The first-order valence-corrected chi connectivity index (χ1v) is 8.39. The van der Waals surface area contributed by atoms with Crippen molar-refractivity contribution < 1.29 is 9.53 Å². The highest BCUT2D eigenvalue weighted by atomic mass is 32.2. The molecule has 4 heteroatoms. The van der Waals surface area contributed by atoms with Crippen molar-refractivity contribution in [3.8, 4) is 0 Å². The number of carbonyl (C=O) groups excluding carboxylic acids is 1. The van der Waals surface area contributed by atoms with Gasteiger partial charge in [-0.2, -0.15) is 0 Å². The molecule has 23 heavy (non-hydrogen) atoms. The lowest BCUT2D eigenvalue weighted by Crippen LogP contribution is -2.22. The highest BCUT2D eigenvalue weighted by molar-refractivity contribution is 7.98. The Hall–Kier alpha value is -1.78. The van der Waals surface area contributed by atoms with Gasteiger partial charge in [-0.25, -0.2) is 4.79 Å². The summed E-state index contributed by atoms with van der Waals surface area (Å²) in [6, 6.07) is 17.9. The predicted octanol–water partition coefficient (Wildman–Crippen LogP) is 4.60. The minimum Gasteiger partial charge on any atom is -0.465 e. The molecule has 2 aromatic carbocycles. The van der Waals surface area contributed by atoms with Crippen LogP contribution < -0.4 is 4.72 Å². The molecule has 0 amide bonds. The lowest BCUT2D eigenvalue weighted by molar-refractivity contribution is 0.0600. The van der Waals surface area contributed by atoms with Crippen LogP contribution in [0.15, 0.2) is 54.6 Å². The van der Waals surface area contributed by atoms with Gasteiger partial charge in [-0.15, -0.1) is 0 Å². The van der Waals surface area contributed by atoms with Gasteiger partial charge in [0.2, 0.25) is 0 Å². The fourth-order valence-corrected chi connectivity index (χ4v) is 2.88. The lowest BCUT2D eigenvalue weighted by atomic mass is 9.99. The van der Waals surface area contributed by atoms with Crippen LogP contribution in [0.4, 0.5) is 0 Å². The van der Waals surface area contributed by atoms with E-state index in [0.29, 0.717) is 5.56 Å². The van der Waals surface area contributed by atoms with Crippen molar-refractivity contribution in [2.75, 3.05) is 7.11 Å². The zero-order chi connectivity index (χ0) is 16.9. The van der Waals surface area contributed by atoms with Gasteiger partial charge in [0.1, 0.15) is 0 Å². The summed E-state index contributed by atoms with van der Waals surface area (Å²) in [5.74, 6) is -0.315. The molecule has 0 saturated heterocycles. The van der Waals surface area contributed by atoms with Crippen LogP contribution in [0, 0.1) is 0 Å². The largest absolute Gasteiger partial charge is 0.465 e. The molecule has 1 atom stereocenters. The molecule has 2 rings (SSSR count). The summed E-state index contributed by atoms with van der Waals surface area (Å²) in [6.07, 6.45) is 0. The number of hydrogen-bond acceptors (Lipinski definition) is 4. The van der Waals surface area contributed by atoms with Gasteiger partial charge in [0, 0.05) is 4.75 Å². The lowest BCUT2D eigenvalue weighted by Gasteiger charge is -2.25. The van der Waals surface area contributed by atoms with E-state index in [0.717, 1.165) is 5.56 Å². The average Bonchev–Trinajstić information content (AvgIpc) is 2.55. The van der Waals surface area contributed by atoms with E-state index < -0.39 is 0 Å². The van der Waals surface area contributed by atoms with Gasteiger partial charge in [0.05, 0.1) is 18.7 Å². The van der Waals surface area contributed by atoms with Gasteiger partial charge in [-0.1, -0.05) is 54.4 Å². The van der Waals surface area contributed by atoms with Crippen LogP contribution in [0.5, 0.6) is 0 Å². The maximum absolute atomic E-state index is 11.6. The number of esters is 1. The summed E-state index contributed by atoms with van der Waals surface area (Å²) < 4.78 is 8.42. The number of hydrogen-bond donors (Lipinski definition) is 1. The van der Waals surface area contributed by atoms with Gasteiger partial charge in [0.15, 0.2) is 0 Å². The maximum Gasteiger partial charge on any atom is 0.337 e. The van der Waals surface area contributed by atoms with Gasteiger partial charge >= 0.3 is 5.97 Å². The van der Waals surface area contributed by atoms with Crippen molar-refractivity contribution in [2.45, 2.75) is 31.6 Å². The van der Waals surface area contributed by atoms with Gasteiger partial charge in [-0.3, -0.25) is 4.72 Å². The standard InChI is InChI=1S/C19H23NO2S/c1-19(2,3)23-20-17(14-8-6-5-7-9-14)15-10-12-16(13-11-15)18(21)22-4/h5-13,17,20H,1-4H3/t17-/m0/s1. The average molecular weight is 329 g/mol. The van der Waals surface area contributed by atoms with Crippen LogP contribution in [0.25, 0.3) is 0 Å². The van der Waals surface area contributed by atoms with E-state index in [2.05, 4.69) is 37.6 Å². The summed E-state index contributed by atoms with van der Waals surface area (Å²) in [6.45, 7) is 6.52. The third kappa shape index (κ3) is 5.12. The third-order valence-electron chi connectivity index (χ3n) is 3.28. The number of nitrogens with one attached hydrogen (secondary N) is 1. The summed E-state index contributed by atoms with van der Waals surface area (Å²) in [5.41, 5.74) is 2.86. The van der Waals surface area contributed by atoms with Crippen molar-refractivity contribution in [1.82, 2.24) is 4.72 Å². The minimum absolute atomic E-state index is 0.0621. The summed E-state index contributed by atoms with van der Waals surface area (Å²) in [4.78, 5) is 11.6. The summed E-state index contributed by atoms with van der Waals surface area (Å²) in [7, 11) is 1.39. The van der Waals surface area contributed by atoms with Gasteiger partial charge in [0.25, 0.3) is 0 Å². The monoisotopic (exact) mass is 329 g/mol. The quantitative estimate of drug-likeness (QED) is 0.643. The van der Waals surface area contributed by atoms with E-state index in [1.807, 2.05) is 30.3 Å². The number of ether oxygens (including phenoxy) is 1. The molecule has 0 aliphatic carbocycles. The molecule has 0 fully saturated rings. The number of methoxy groups -OCH3 is 1. The fraction of sp³-hybridized carbons (Fsp3) is 0.316. The van der Waals surface area contributed by atoms with Crippen LogP contribution in [0.1, 0.15) is 48.3 Å². The van der Waals surface area contributed by atoms with E-state index in [4.69, 9.17) is 4.74 Å². The van der Waals surface area contributed by atoms with Gasteiger partial charge in [-0.05, 0) is 44.0 Å². The van der Waals surface area contributed by atoms with Crippen LogP contribution in [0.2, 0.25) is 0 Å². The number of rotatable bonds is 5. The van der Waals surface area contributed by atoms with E-state index in [-0.39, 0.29) is 16.8 Å². The Morgan fingerprint density at radius 3 is 2.09 bits per heavy atom. The van der Waals surface area contributed by atoms with Gasteiger partial charge < -0.3 is 4.74 Å². The molecule has 0 unspecified atom stereocenters. The first kappa shape index (κ1) is 17.6. The Morgan fingerprint density at radius 1 is 1.00 bits per heavy atom. The van der Waals surface area contributed by atoms with Crippen molar-refractivity contribution in [3.05, 3.63) is 71.3 Å². The predicted molar refractivity (Wildman–Crippen MR) is 96.5 cm³/mol. The van der Waals surface area contributed by atoms with Crippen LogP contribution in [-0.4, -0.2) is 17.8 Å². The van der Waals surface area contributed by atoms with Crippen molar-refractivity contribution in [3.63, 3.8) is 0 Å². The Bertz CT molecular complexity index is 633. The van der Waals surface area contributed by atoms with E-state index in [9.17, 15) is 4.79 Å². The van der Waals surface area contributed by atoms with E-state index in [1.54, 1.807) is 24.1 Å². The molecule has 0 aliphatic heterocycles. The molecule has 0 heterocycles. The Balaban J connectivity index is 2.28. The molecule has 0 radical (unpaired) electrons. The number of benzene rings is 2. The van der Waals surface area contributed by atoms with Crippen molar-refractivity contribution >= 4 is 17.9 Å². The molecule has 0 saturated carbocycles. The molecule has 2 aromatic rings. The van der Waals surface area contributed by atoms with E-state index >= 15 is 0 Å². The first-order chi connectivity index (χ1) is 10.9. The molecule has 1 N–H and O–H groups in total. The topological polar surface area (TPSA) is 38.3 Å². The molecule has 0 bridgehead atoms. The van der Waals surface area contributed by atoms with Crippen LogP contribution in [0.3, 0.4) is 0 Å². The van der Waals surface area contributed by atoms with Crippen molar-refractivity contribution in [2.24, 2.45) is 0 Å². The van der Waals surface area contributed by atoms with Crippen LogP contribution >= 0.6 is 11.9 Å². The van der Waals surface area contributed by atoms with Crippen LogP contribution in [-0.2, 0) is 4.74 Å². The second kappa shape index (κ2) is 7.66. The summed E-state index contributed by atoms with van der Waals surface area (Å²) >= 11 is 1.70. The smallest absolute Gasteiger partial charge is 0.337 e. The molecule has 0 aliphatic rings. The second-order valence-electron chi connectivity index (χ2n) is 6.29. The Kier molecular flexibility index (Phi) is 5.85. The molecule has 122 valence electrons. The molecular formula is C19H23NO2S. The Morgan fingerprint density at radius 2 is 1.57 bits per heavy atom. The van der Waals surface area contributed by atoms with Crippen molar-refractivity contribution in [1.29, 1.82) is 0 Å². The minimum atomic E-state index is -0.315. The first-order valence-electron chi connectivity index (χ1n) is 7.57. The third-order valence-corrected chi connectivity index (χ3v) is 4.25. The second-order valence-corrected chi connectivity index (χ2v) is 7.95. The SMILES string of the molecule is COC(=O)c1ccc([C@@H](NSC(C)(C)C)c2ccccc2)cc1.